The number of halogens is 1. The molecular formula is C16H20FN5O3. The van der Waals surface area contributed by atoms with Gasteiger partial charge in [0.2, 0.25) is 11.7 Å². The van der Waals surface area contributed by atoms with Crippen LogP contribution < -0.4 is 4.90 Å². The lowest BCUT2D eigenvalue weighted by molar-refractivity contribution is -0.386. The molecular weight excluding hydrogens is 329 g/mol. The Morgan fingerprint density at radius 2 is 2.08 bits per heavy atom. The molecule has 134 valence electrons. The lowest BCUT2D eigenvalue weighted by atomic mass is 10.2. The van der Waals surface area contributed by atoms with Crippen LogP contribution in [0.4, 0.5) is 15.8 Å². The zero-order valence-electron chi connectivity index (χ0n) is 14.2. The van der Waals surface area contributed by atoms with Gasteiger partial charge in [-0.3, -0.25) is 15.0 Å². The minimum Gasteiger partial charge on any atom is -0.363 e. The maximum absolute atomic E-state index is 13.8. The van der Waals surface area contributed by atoms with Crippen LogP contribution in [0.2, 0.25) is 0 Å². The van der Waals surface area contributed by atoms with E-state index in [1.165, 1.54) is 6.07 Å². The molecule has 2 heterocycles. The third-order valence-electron chi connectivity index (χ3n) is 4.51. The minimum absolute atomic E-state index is 0.0301. The highest BCUT2D eigenvalue weighted by molar-refractivity contribution is 5.64. The molecule has 8 nitrogen and oxygen atoms in total. The summed E-state index contributed by atoms with van der Waals surface area (Å²) in [6.45, 7) is 6.40. The lowest BCUT2D eigenvalue weighted by Crippen LogP contribution is -2.47. The maximum atomic E-state index is 13.8. The van der Waals surface area contributed by atoms with Gasteiger partial charge >= 0.3 is 5.69 Å². The third kappa shape index (κ3) is 3.46. The number of anilines is 1. The number of hydrogen-bond acceptors (Lipinski definition) is 7. The topological polar surface area (TPSA) is 88.5 Å². The van der Waals surface area contributed by atoms with E-state index in [1.807, 2.05) is 18.7 Å². The van der Waals surface area contributed by atoms with Gasteiger partial charge in [-0.15, -0.1) is 0 Å². The second-order valence-electron chi connectivity index (χ2n) is 5.97. The van der Waals surface area contributed by atoms with E-state index in [0.29, 0.717) is 50.0 Å². The zero-order valence-corrected chi connectivity index (χ0v) is 14.2. The average Bonchev–Trinajstić information content (AvgIpc) is 3.10. The molecule has 2 aromatic rings. The van der Waals surface area contributed by atoms with Gasteiger partial charge in [-0.05, 0) is 19.1 Å². The molecule has 1 aromatic carbocycles. The molecule has 1 aliphatic heterocycles. The number of aromatic nitrogens is 2. The van der Waals surface area contributed by atoms with Gasteiger partial charge in [0, 0.05) is 32.6 Å². The molecule has 0 radical (unpaired) electrons. The zero-order chi connectivity index (χ0) is 18.0. The molecule has 1 aliphatic rings. The average molecular weight is 349 g/mol. The SMILES string of the molecule is CCc1noc(C(C)N2CCN(c3cccc(F)c3[N+](=O)[O-])CC2)n1. The van der Waals surface area contributed by atoms with Gasteiger partial charge in [-0.2, -0.15) is 9.37 Å². The smallest absolute Gasteiger partial charge is 0.327 e. The van der Waals surface area contributed by atoms with Crippen LogP contribution in [0.15, 0.2) is 22.7 Å². The van der Waals surface area contributed by atoms with Gasteiger partial charge in [-0.25, -0.2) is 0 Å². The molecule has 0 bridgehead atoms. The molecule has 1 unspecified atom stereocenters. The summed E-state index contributed by atoms with van der Waals surface area (Å²) in [6, 6.07) is 4.17. The number of para-hydroxylation sites is 1. The molecule has 1 aromatic heterocycles. The van der Waals surface area contributed by atoms with Crippen molar-refractivity contribution in [3.8, 4) is 0 Å². The Hall–Kier alpha value is -2.55. The monoisotopic (exact) mass is 349 g/mol. The van der Waals surface area contributed by atoms with Gasteiger partial charge < -0.3 is 9.42 Å². The largest absolute Gasteiger partial charge is 0.363 e. The molecule has 0 N–H and O–H groups in total. The summed E-state index contributed by atoms with van der Waals surface area (Å²) in [5, 5.41) is 15.1. The number of rotatable bonds is 5. The highest BCUT2D eigenvalue weighted by atomic mass is 19.1. The first-order chi connectivity index (χ1) is 12.0. The fraction of sp³-hybridized carbons (Fsp3) is 0.500. The number of hydrogen-bond donors (Lipinski definition) is 0. The number of nitro benzene ring substituents is 1. The van der Waals surface area contributed by atoms with Crippen molar-refractivity contribution in [3.63, 3.8) is 0 Å². The van der Waals surface area contributed by atoms with Crippen LogP contribution in [0.5, 0.6) is 0 Å². The fourth-order valence-corrected chi connectivity index (χ4v) is 3.03. The molecule has 0 saturated carbocycles. The van der Waals surface area contributed by atoms with Crippen LogP contribution in [0.1, 0.15) is 31.6 Å². The first-order valence-electron chi connectivity index (χ1n) is 8.25. The molecule has 1 saturated heterocycles. The first kappa shape index (κ1) is 17.3. The van der Waals surface area contributed by atoms with Crippen LogP contribution in [0, 0.1) is 15.9 Å². The van der Waals surface area contributed by atoms with Crippen molar-refractivity contribution >= 4 is 11.4 Å². The van der Waals surface area contributed by atoms with Crippen LogP contribution in [-0.2, 0) is 6.42 Å². The van der Waals surface area contributed by atoms with Crippen LogP contribution in [0.25, 0.3) is 0 Å². The predicted octanol–water partition coefficient (Wildman–Crippen LogP) is 2.56. The number of benzene rings is 1. The molecule has 3 rings (SSSR count). The normalized spacial score (nSPS) is 16.8. The van der Waals surface area contributed by atoms with Crippen molar-refractivity contribution in [3.05, 3.63) is 45.8 Å². The molecule has 0 aliphatic carbocycles. The predicted molar refractivity (Wildman–Crippen MR) is 88.9 cm³/mol. The first-order valence-corrected chi connectivity index (χ1v) is 8.25. The summed E-state index contributed by atoms with van der Waals surface area (Å²) in [5.74, 6) is 0.439. The van der Waals surface area contributed by atoms with E-state index in [0.717, 1.165) is 6.07 Å². The van der Waals surface area contributed by atoms with Crippen molar-refractivity contribution in [2.24, 2.45) is 0 Å². The second kappa shape index (κ2) is 7.14. The fourth-order valence-electron chi connectivity index (χ4n) is 3.03. The minimum atomic E-state index is -0.809. The van der Waals surface area contributed by atoms with Crippen molar-refractivity contribution < 1.29 is 13.8 Å². The lowest BCUT2D eigenvalue weighted by Gasteiger charge is -2.37. The van der Waals surface area contributed by atoms with Gasteiger partial charge in [0.05, 0.1) is 11.0 Å². The Kier molecular flexibility index (Phi) is 4.93. The van der Waals surface area contributed by atoms with E-state index >= 15 is 0 Å². The van der Waals surface area contributed by atoms with E-state index in [1.54, 1.807) is 6.07 Å². The Morgan fingerprint density at radius 3 is 2.68 bits per heavy atom. The van der Waals surface area contributed by atoms with Gasteiger partial charge in [0.25, 0.3) is 0 Å². The standard InChI is InChI=1S/C16H20FN5O3/c1-3-14-18-16(25-19-14)11(2)20-7-9-21(10-8-20)13-6-4-5-12(17)15(13)22(23)24/h4-6,11H,3,7-10H2,1-2H3. The van der Waals surface area contributed by atoms with Crippen LogP contribution >= 0.6 is 0 Å². The summed E-state index contributed by atoms with van der Waals surface area (Å²) < 4.78 is 19.1. The summed E-state index contributed by atoms with van der Waals surface area (Å²) in [7, 11) is 0. The highest BCUT2D eigenvalue weighted by Gasteiger charge is 2.29. The Labute approximate surface area is 144 Å². The van der Waals surface area contributed by atoms with E-state index in [-0.39, 0.29) is 6.04 Å². The van der Waals surface area contributed by atoms with E-state index < -0.39 is 16.4 Å². The van der Waals surface area contributed by atoms with Crippen LogP contribution in [0.3, 0.4) is 0 Å². The molecule has 1 fully saturated rings. The molecule has 0 spiro atoms. The summed E-state index contributed by atoms with van der Waals surface area (Å²) >= 11 is 0. The second-order valence-corrected chi connectivity index (χ2v) is 5.97. The van der Waals surface area contributed by atoms with Gasteiger partial charge in [-0.1, -0.05) is 18.1 Å². The number of piperazine rings is 1. The number of nitrogens with zero attached hydrogens (tertiary/aromatic N) is 5. The van der Waals surface area contributed by atoms with Crippen molar-refractivity contribution in [2.75, 3.05) is 31.1 Å². The quantitative estimate of drug-likeness (QED) is 0.605. The van der Waals surface area contributed by atoms with Gasteiger partial charge in [0.15, 0.2) is 5.82 Å². The Balaban J connectivity index is 1.70. The summed E-state index contributed by atoms with van der Waals surface area (Å²) in [5.41, 5.74) is -0.142. The van der Waals surface area contributed by atoms with Crippen LogP contribution in [-0.4, -0.2) is 46.1 Å². The molecule has 1 atom stereocenters. The molecule has 9 heteroatoms. The van der Waals surface area contributed by atoms with Crippen molar-refractivity contribution in [2.45, 2.75) is 26.3 Å². The molecule has 0 amide bonds. The number of nitro groups is 1. The van der Waals surface area contributed by atoms with E-state index in [4.69, 9.17) is 4.52 Å². The van der Waals surface area contributed by atoms with Gasteiger partial charge in [0.1, 0.15) is 5.69 Å². The highest BCUT2D eigenvalue weighted by Crippen LogP contribution is 2.32. The van der Waals surface area contributed by atoms with E-state index in [9.17, 15) is 14.5 Å². The Morgan fingerprint density at radius 1 is 1.36 bits per heavy atom. The van der Waals surface area contributed by atoms with Crippen molar-refractivity contribution in [1.29, 1.82) is 0 Å². The molecule has 25 heavy (non-hydrogen) atoms. The summed E-state index contributed by atoms with van der Waals surface area (Å²) in [6.07, 6.45) is 0.716. The Bertz CT molecular complexity index is 758. The van der Waals surface area contributed by atoms with Crippen molar-refractivity contribution in [1.82, 2.24) is 15.0 Å². The summed E-state index contributed by atoms with van der Waals surface area (Å²) in [4.78, 5) is 18.9. The maximum Gasteiger partial charge on any atom is 0.327 e. The third-order valence-corrected chi connectivity index (χ3v) is 4.51. The number of aryl methyl sites for hydroxylation is 1. The van der Waals surface area contributed by atoms with E-state index in [2.05, 4.69) is 15.0 Å².